The second-order valence-corrected chi connectivity index (χ2v) is 10.9. The minimum Gasteiger partial charge on any atom is -0.481 e. The van der Waals surface area contributed by atoms with Crippen molar-refractivity contribution in [2.45, 2.75) is 57.8 Å². The van der Waals surface area contributed by atoms with Crippen LogP contribution in [0.3, 0.4) is 0 Å². The van der Waals surface area contributed by atoms with Crippen molar-refractivity contribution in [1.82, 2.24) is 4.57 Å². The zero-order valence-corrected chi connectivity index (χ0v) is 24.4. The normalized spacial score (nSPS) is 12.6. The number of aliphatic carboxylic acids is 1. The van der Waals surface area contributed by atoms with Crippen molar-refractivity contribution in [3.8, 4) is 22.4 Å². The summed E-state index contributed by atoms with van der Waals surface area (Å²) in [5.41, 5.74) is 4.09. The molecule has 44 heavy (non-hydrogen) atoms. The van der Waals surface area contributed by atoms with Gasteiger partial charge in [-0.15, -0.1) is 0 Å². The summed E-state index contributed by atoms with van der Waals surface area (Å²) in [6, 6.07) is 21.0. The van der Waals surface area contributed by atoms with Gasteiger partial charge in [-0.1, -0.05) is 44.2 Å². The third kappa shape index (κ3) is 7.58. The highest BCUT2D eigenvalue weighted by Gasteiger charge is 2.31. The molecule has 5 N–H and O–H groups in total. The Morgan fingerprint density at radius 3 is 2.05 bits per heavy atom. The molecule has 1 aromatic heterocycles. The van der Waals surface area contributed by atoms with E-state index in [4.69, 9.17) is 5.11 Å². The average Bonchev–Trinajstić information content (AvgIpc) is 3.32. The van der Waals surface area contributed by atoms with E-state index >= 15 is 0 Å². The maximum Gasteiger partial charge on any atom is 0.335 e. The van der Waals surface area contributed by atoms with Gasteiger partial charge in [0.25, 0.3) is 5.91 Å². The maximum absolute atomic E-state index is 14.2. The number of aliphatic hydroxyl groups is 2. The number of hydrogen-bond acceptors (Lipinski definition) is 5. The molecule has 0 aliphatic carbocycles. The topological polar surface area (TPSA) is 149 Å². The van der Waals surface area contributed by atoms with Gasteiger partial charge in [0.15, 0.2) is 0 Å². The number of hydrogen-bond donors (Lipinski definition) is 5. The van der Waals surface area contributed by atoms with Crippen LogP contribution >= 0.6 is 0 Å². The second kappa shape index (κ2) is 14.1. The molecule has 9 nitrogen and oxygen atoms in total. The van der Waals surface area contributed by atoms with E-state index in [0.717, 1.165) is 5.56 Å². The summed E-state index contributed by atoms with van der Waals surface area (Å²) in [5, 5.41) is 42.0. The first kappa shape index (κ1) is 32.1. The predicted octanol–water partition coefficient (Wildman–Crippen LogP) is 6.01. The maximum atomic E-state index is 14.2. The molecule has 0 saturated heterocycles. The molecule has 4 aromatic rings. The van der Waals surface area contributed by atoms with E-state index in [1.807, 2.05) is 48.7 Å². The van der Waals surface area contributed by atoms with E-state index in [1.54, 1.807) is 12.1 Å². The van der Waals surface area contributed by atoms with Gasteiger partial charge in [-0.3, -0.25) is 9.59 Å². The van der Waals surface area contributed by atoms with Crippen molar-refractivity contribution >= 4 is 23.5 Å². The lowest BCUT2D eigenvalue weighted by Gasteiger charge is -2.20. The molecule has 0 radical (unpaired) electrons. The van der Waals surface area contributed by atoms with Gasteiger partial charge in [0, 0.05) is 23.5 Å². The van der Waals surface area contributed by atoms with Crippen LogP contribution in [0.4, 0.5) is 10.1 Å². The highest BCUT2D eigenvalue weighted by Crippen LogP contribution is 2.42. The van der Waals surface area contributed by atoms with Crippen molar-refractivity contribution in [3.05, 3.63) is 102 Å². The van der Waals surface area contributed by atoms with Gasteiger partial charge in [0.05, 0.1) is 35.4 Å². The van der Waals surface area contributed by atoms with Crippen LogP contribution in [0, 0.1) is 5.82 Å². The number of carbonyl (C=O) groups is 3. The molecule has 2 atom stereocenters. The van der Waals surface area contributed by atoms with Crippen LogP contribution in [0.1, 0.15) is 65.4 Å². The van der Waals surface area contributed by atoms with Crippen LogP contribution in [0.25, 0.3) is 22.4 Å². The minimum absolute atomic E-state index is 0.0765. The van der Waals surface area contributed by atoms with Crippen LogP contribution in [-0.4, -0.2) is 55.0 Å². The number of aromatic carboxylic acids is 1. The number of amides is 1. The van der Waals surface area contributed by atoms with Gasteiger partial charge in [-0.05, 0) is 78.4 Å². The van der Waals surface area contributed by atoms with Gasteiger partial charge < -0.3 is 30.3 Å². The number of carboxylic acid groups (broad SMARTS) is 2. The number of halogens is 1. The SMILES string of the molecule is CC(C)c1c(C(=O)Nc2ccc(C(=O)O)cc2)c(-c2ccccc2)c(-c2ccc(F)cc2)n1CC[C@@H](O)C[C@@H](O)CC(=O)O. The largest absolute Gasteiger partial charge is 0.481 e. The molecule has 0 fully saturated rings. The molecule has 0 saturated carbocycles. The molecule has 10 heteroatoms. The Bertz CT molecular complexity index is 1610. The fraction of sp³-hybridized carbons (Fsp3) is 0.265. The lowest BCUT2D eigenvalue weighted by Crippen LogP contribution is -2.22. The molecule has 0 bridgehead atoms. The van der Waals surface area contributed by atoms with Crippen LogP contribution in [-0.2, 0) is 11.3 Å². The first-order valence-electron chi connectivity index (χ1n) is 14.3. The number of anilines is 1. The summed E-state index contributed by atoms with van der Waals surface area (Å²) in [6.45, 7) is 4.07. The predicted molar refractivity (Wildman–Crippen MR) is 164 cm³/mol. The van der Waals surface area contributed by atoms with Crippen molar-refractivity contribution in [2.24, 2.45) is 0 Å². The van der Waals surface area contributed by atoms with Gasteiger partial charge in [0.2, 0.25) is 0 Å². The minimum atomic E-state index is -1.22. The van der Waals surface area contributed by atoms with Crippen LogP contribution < -0.4 is 5.32 Å². The smallest absolute Gasteiger partial charge is 0.335 e. The molecule has 4 rings (SSSR count). The Labute approximate surface area is 254 Å². The van der Waals surface area contributed by atoms with E-state index in [2.05, 4.69) is 5.32 Å². The van der Waals surface area contributed by atoms with Crippen molar-refractivity contribution < 1.29 is 39.2 Å². The molecule has 0 aliphatic rings. The number of aromatic nitrogens is 1. The highest BCUT2D eigenvalue weighted by molar-refractivity contribution is 6.12. The summed E-state index contributed by atoms with van der Waals surface area (Å²) < 4.78 is 16.0. The molecule has 0 spiro atoms. The Morgan fingerprint density at radius 1 is 0.841 bits per heavy atom. The summed E-state index contributed by atoms with van der Waals surface area (Å²) in [6.07, 6.45) is -2.73. The van der Waals surface area contributed by atoms with Gasteiger partial charge in [-0.25, -0.2) is 9.18 Å². The molecule has 0 aliphatic heterocycles. The van der Waals surface area contributed by atoms with E-state index in [0.29, 0.717) is 33.8 Å². The van der Waals surface area contributed by atoms with Gasteiger partial charge in [0.1, 0.15) is 5.82 Å². The van der Waals surface area contributed by atoms with Crippen molar-refractivity contribution in [3.63, 3.8) is 0 Å². The quantitative estimate of drug-likeness (QED) is 0.126. The Kier molecular flexibility index (Phi) is 10.3. The van der Waals surface area contributed by atoms with Crippen LogP contribution in [0.2, 0.25) is 0 Å². The first-order chi connectivity index (χ1) is 21.0. The molecule has 1 heterocycles. The van der Waals surface area contributed by atoms with E-state index in [1.165, 1.54) is 36.4 Å². The van der Waals surface area contributed by atoms with Crippen molar-refractivity contribution in [1.29, 1.82) is 0 Å². The summed E-state index contributed by atoms with van der Waals surface area (Å²) in [7, 11) is 0. The molecular weight excluding hydrogens is 567 g/mol. The zero-order valence-electron chi connectivity index (χ0n) is 24.4. The zero-order chi connectivity index (χ0) is 32.0. The third-order valence-corrected chi connectivity index (χ3v) is 7.29. The Balaban J connectivity index is 1.88. The average molecular weight is 603 g/mol. The number of aliphatic hydroxyl groups excluding tert-OH is 2. The standard InChI is InChI=1S/C34H35FN2O7/c1-20(2)31-30(33(42)36-25-14-10-23(11-15-25)34(43)44)29(21-6-4-3-5-7-21)32(22-8-12-24(35)13-9-22)37(31)17-16-26(38)18-27(39)19-28(40)41/h3-15,20,26-27,38-39H,16-19H2,1-2H3,(H,36,42)(H,40,41)(H,43,44)/t26-,27-/m1/s1. The molecular formula is C34H35FN2O7. The van der Waals surface area contributed by atoms with E-state index < -0.39 is 42.3 Å². The molecule has 3 aromatic carbocycles. The first-order valence-corrected chi connectivity index (χ1v) is 14.3. The monoisotopic (exact) mass is 602 g/mol. The fourth-order valence-electron chi connectivity index (χ4n) is 5.38. The van der Waals surface area contributed by atoms with Crippen LogP contribution in [0.5, 0.6) is 0 Å². The number of nitrogens with one attached hydrogen (secondary N) is 1. The molecule has 0 unspecified atom stereocenters. The van der Waals surface area contributed by atoms with Gasteiger partial charge >= 0.3 is 11.9 Å². The number of rotatable bonds is 13. The summed E-state index contributed by atoms with van der Waals surface area (Å²) >= 11 is 0. The molecule has 1 amide bonds. The molecule has 230 valence electrons. The Hall–Kier alpha value is -4.80. The van der Waals surface area contributed by atoms with Crippen LogP contribution in [0.15, 0.2) is 78.9 Å². The highest BCUT2D eigenvalue weighted by atomic mass is 19.1. The summed E-state index contributed by atoms with van der Waals surface area (Å²) in [5.74, 6) is -3.32. The Morgan fingerprint density at radius 2 is 1.48 bits per heavy atom. The van der Waals surface area contributed by atoms with Gasteiger partial charge in [-0.2, -0.15) is 0 Å². The number of benzene rings is 3. The lowest BCUT2D eigenvalue weighted by molar-refractivity contribution is -0.139. The third-order valence-electron chi connectivity index (χ3n) is 7.29. The number of carboxylic acids is 2. The fourth-order valence-corrected chi connectivity index (χ4v) is 5.38. The van der Waals surface area contributed by atoms with Crippen molar-refractivity contribution in [2.75, 3.05) is 5.32 Å². The lowest BCUT2D eigenvalue weighted by atomic mass is 9.94. The summed E-state index contributed by atoms with van der Waals surface area (Å²) in [4.78, 5) is 36.5. The number of carbonyl (C=O) groups excluding carboxylic acids is 1. The van der Waals surface area contributed by atoms with E-state index in [-0.39, 0.29) is 30.9 Å². The van der Waals surface area contributed by atoms with E-state index in [9.17, 15) is 34.1 Å². The second-order valence-electron chi connectivity index (χ2n) is 10.9. The number of nitrogens with zero attached hydrogens (tertiary/aromatic N) is 1.